The Labute approximate surface area is 148 Å². The summed E-state index contributed by atoms with van der Waals surface area (Å²) in [6, 6.07) is 12.5. The van der Waals surface area contributed by atoms with Gasteiger partial charge in [0.25, 0.3) is 0 Å². The first kappa shape index (κ1) is 16.1. The van der Waals surface area contributed by atoms with Crippen LogP contribution in [0.5, 0.6) is 0 Å². The van der Waals surface area contributed by atoms with E-state index in [1.807, 2.05) is 12.1 Å². The molecule has 1 N–H and O–H groups in total. The van der Waals surface area contributed by atoms with Crippen LogP contribution in [-0.4, -0.2) is 53.1 Å². The third kappa shape index (κ3) is 3.66. The second-order valence-electron chi connectivity index (χ2n) is 6.83. The normalized spacial score (nSPS) is 15.6. The van der Waals surface area contributed by atoms with E-state index in [0.717, 1.165) is 35.6 Å². The molecule has 1 saturated heterocycles. The van der Waals surface area contributed by atoms with Crippen molar-refractivity contribution in [2.24, 2.45) is 0 Å². The molecule has 0 unspecified atom stereocenters. The molecule has 1 aliphatic rings. The summed E-state index contributed by atoms with van der Waals surface area (Å²) in [6.07, 6.45) is 5.87. The number of hydrogen-bond donors (Lipinski definition) is 1. The van der Waals surface area contributed by atoms with Gasteiger partial charge in [0.1, 0.15) is 11.3 Å². The molecule has 5 heteroatoms. The van der Waals surface area contributed by atoms with Crippen molar-refractivity contribution in [2.45, 2.75) is 19.3 Å². The number of H-pyrrole nitrogens is 1. The first-order chi connectivity index (χ1) is 12.3. The summed E-state index contributed by atoms with van der Waals surface area (Å²) >= 11 is 0. The van der Waals surface area contributed by atoms with Gasteiger partial charge in [-0.15, -0.1) is 0 Å². The van der Waals surface area contributed by atoms with Gasteiger partial charge in [0.05, 0.1) is 0 Å². The molecule has 0 amide bonds. The molecule has 0 aliphatic carbocycles. The van der Waals surface area contributed by atoms with Crippen molar-refractivity contribution in [3.63, 3.8) is 0 Å². The van der Waals surface area contributed by atoms with Crippen molar-refractivity contribution < 1.29 is 0 Å². The molecule has 5 nitrogen and oxygen atoms in total. The number of benzene rings is 1. The predicted molar refractivity (Wildman–Crippen MR) is 103 cm³/mol. The molecule has 3 aromatic rings. The Morgan fingerprint density at radius 2 is 2.00 bits per heavy atom. The summed E-state index contributed by atoms with van der Waals surface area (Å²) in [5, 5.41) is 0. The minimum atomic E-state index is 0.835. The lowest BCUT2D eigenvalue weighted by Crippen LogP contribution is -2.36. The number of imidazole rings is 1. The van der Waals surface area contributed by atoms with E-state index in [2.05, 4.69) is 56.1 Å². The number of aromatic nitrogens is 3. The summed E-state index contributed by atoms with van der Waals surface area (Å²) in [4.78, 5) is 17.2. The summed E-state index contributed by atoms with van der Waals surface area (Å²) in [7, 11) is 2.17. The summed E-state index contributed by atoms with van der Waals surface area (Å²) < 4.78 is 0. The molecule has 0 bridgehead atoms. The van der Waals surface area contributed by atoms with Gasteiger partial charge in [-0.05, 0) is 50.2 Å². The first-order valence-corrected chi connectivity index (χ1v) is 9.14. The zero-order valence-corrected chi connectivity index (χ0v) is 14.8. The van der Waals surface area contributed by atoms with E-state index in [9.17, 15) is 0 Å². The van der Waals surface area contributed by atoms with E-state index in [1.165, 1.54) is 38.0 Å². The van der Waals surface area contributed by atoms with Crippen LogP contribution in [0.4, 0.5) is 5.69 Å². The van der Waals surface area contributed by atoms with Gasteiger partial charge in [-0.3, -0.25) is 0 Å². The van der Waals surface area contributed by atoms with Gasteiger partial charge in [0.15, 0.2) is 5.65 Å². The van der Waals surface area contributed by atoms with Crippen LogP contribution in [0.2, 0.25) is 0 Å². The Bertz CT molecular complexity index is 802. The maximum atomic E-state index is 4.66. The molecule has 0 saturated carbocycles. The second-order valence-corrected chi connectivity index (χ2v) is 6.83. The Balaban J connectivity index is 1.48. The van der Waals surface area contributed by atoms with Crippen molar-refractivity contribution >= 4 is 16.9 Å². The smallest absolute Gasteiger partial charge is 0.157 e. The number of nitrogens with one attached hydrogen (secondary N) is 1. The molecule has 130 valence electrons. The zero-order chi connectivity index (χ0) is 17.1. The van der Waals surface area contributed by atoms with E-state index >= 15 is 0 Å². The molecule has 2 aromatic heterocycles. The number of aromatic amines is 1. The highest BCUT2D eigenvalue weighted by Gasteiger charge is 2.12. The number of likely N-dealkylation sites (tertiary alicyclic amines) is 1. The molecular weight excluding hydrogens is 310 g/mol. The Morgan fingerprint density at radius 3 is 2.84 bits per heavy atom. The van der Waals surface area contributed by atoms with E-state index in [1.54, 1.807) is 6.20 Å². The van der Waals surface area contributed by atoms with Crippen LogP contribution >= 0.6 is 0 Å². The quantitative estimate of drug-likeness (QED) is 0.775. The van der Waals surface area contributed by atoms with Crippen LogP contribution in [0.1, 0.15) is 19.3 Å². The number of rotatable bonds is 5. The van der Waals surface area contributed by atoms with Gasteiger partial charge in [-0.1, -0.05) is 18.6 Å². The molecule has 4 rings (SSSR count). The highest BCUT2D eigenvalue weighted by molar-refractivity contribution is 5.76. The topological polar surface area (TPSA) is 48.1 Å². The predicted octanol–water partition coefficient (Wildman–Crippen LogP) is 3.55. The van der Waals surface area contributed by atoms with Gasteiger partial charge < -0.3 is 14.8 Å². The first-order valence-electron chi connectivity index (χ1n) is 9.14. The third-order valence-corrected chi connectivity index (χ3v) is 5.02. The highest BCUT2D eigenvalue weighted by Crippen LogP contribution is 2.24. The third-order valence-electron chi connectivity index (χ3n) is 5.02. The largest absolute Gasteiger partial charge is 0.373 e. The summed E-state index contributed by atoms with van der Waals surface area (Å²) in [5.74, 6) is 0.875. The molecule has 0 atom stereocenters. The van der Waals surface area contributed by atoms with Gasteiger partial charge in [0, 0.05) is 37.6 Å². The standard InChI is InChI=1S/C20H25N5/c1-24(13-14-25-11-3-2-4-12-25)17-8-5-7-16(15-17)19-22-18-9-6-10-21-20(18)23-19/h5-10,15H,2-4,11-14H2,1H3,(H,21,22,23). The maximum Gasteiger partial charge on any atom is 0.157 e. The lowest BCUT2D eigenvalue weighted by Gasteiger charge is -2.29. The maximum absolute atomic E-state index is 4.66. The SMILES string of the molecule is CN(CCN1CCCCC1)c1cccc(-c2nc3cccnc3[nH]2)c1. The van der Waals surface area contributed by atoms with Crippen molar-refractivity contribution in [3.8, 4) is 11.4 Å². The number of likely N-dealkylation sites (N-methyl/N-ethyl adjacent to an activating group) is 1. The minimum Gasteiger partial charge on any atom is -0.373 e. The van der Waals surface area contributed by atoms with E-state index < -0.39 is 0 Å². The Hall–Kier alpha value is -2.40. The number of hydrogen-bond acceptors (Lipinski definition) is 4. The number of nitrogens with zero attached hydrogens (tertiary/aromatic N) is 4. The Morgan fingerprint density at radius 1 is 1.12 bits per heavy atom. The second kappa shape index (κ2) is 7.23. The zero-order valence-electron chi connectivity index (χ0n) is 14.8. The van der Waals surface area contributed by atoms with Crippen molar-refractivity contribution in [1.29, 1.82) is 0 Å². The monoisotopic (exact) mass is 335 g/mol. The van der Waals surface area contributed by atoms with Gasteiger partial charge >= 0.3 is 0 Å². The van der Waals surface area contributed by atoms with Crippen LogP contribution in [0.15, 0.2) is 42.6 Å². The highest BCUT2D eigenvalue weighted by atomic mass is 15.2. The molecular formula is C20H25N5. The molecule has 0 radical (unpaired) electrons. The van der Waals surface area contributed by atoms with Crippen LogP contribution < -0.4 is 4.90 Å². The number of anilines is 1. The minimum absolute atomic E-state index is 0.835. The molecule has 3 heterocycles. The lowest BCUT2D eigenvalue weighted by molar-refractivity contribution is 0.234. The van der Waals surface area contributed by atoms with Crippen molar-refractivity contribution in [3.05, 3.63) is 42.6 Å². The Kier molecular flexibility index (Phi) is 4.65. The number of fused-ring (bicyclic) bond motifs is 1. The van der Waals surface area contributed by atoms with E-state index in [-0.39, 0.29) is 0 Å². The molecule has 0 spiro atoms. The molecule has 1 aromatic carbocycles. The van der Waals surface area contributed by atoms with E-state index in [4.69, 9.17) is 0 Å². The van der Waals surface area contributed by atoms with Crippen molar-refractivity contribution in [2.75, 3.05) is 38.1 Å². The van der Waals surface area contributed by atoms with Crippen LogP contribution in [0.3, 0.4) is 0 Å². The summed E-state index contributed by atoms with van der Waals surface area (Å²) in [6.45, 7) is 4.68. The van der Waals surface area contributed by atoms with Gasteiger partial charge in [-0.25, -0.2) is 9.97 Å². The average molecular weight is 335 g/mol. The number of pyridine rings is 1. The lowest BCUT2D eigenvalue weighted by atomic mass is 10.1. The van der Waals surface area contributed by atoms with Crippen molar-refractivity contribution in [1.82, 2.24) is 19.9 Å². The fourth-order valence-corrected chi connectivity index (χ4v) is 3.47. The fraction of sp³-hybridized carbons (Fsp3) is 0.400. The van der Waals surface area contributed by atoms with Crippen LogP contribution in [-0.2, 0) is 0 Å². The van der Waals surface area contributed by atoms with Crippen LogP contribution in [0.25, 0.3) is 22.6 Å². The molecule has 25 heavy (non-hydrogen) atoms. The molecule has 1 aliphatic heterocycles. The van der Waals surface area contributed by atoms with E-state index in [0.29, 0.717) is 0 Å². The number of piperidine rings is 1. The summed E-state index contributed by atoms with van der Waals surface area (Å²) in [5.41, 5.74) is 4.06. The molecule has 1 fully saturated rings. The fourth-order valence-electron chi connectivity index (χ4n) is 3.47. The van der Waals surface area contributed by atoms with Gasteiger partial charge in [-0.2, -0.15) is 0 Å². The van der Waals surface area contributed by atoms with Crippen LogP contribution in [0, 0.1) is 0 Å². The average Bonchev–Trinajstić information content (AvgIpc) is 3.11. The van der Waals surface area contributed by atoms with Gasteiger partial charge in [0.2, 0.25) is 0 Å².